The van der Waals surface area contributed by atoms with Gasteiger partial charge in [-0.2, -0.15) is 4.31 Å². The van der Waals surface area contributed by atoms with E-state index < -0.39 is 16.1 Å². The molecule has 1 fully saturated rings. The smallest absolute Gasteiger partial charge is 0.250 e. The molecule has 0 spiro atoms. The highest BCUT2D eigenvalue weighted by atomic mass is 35.5. The number of morpholine rings is 1. The molecule has 1 N–H and O–H groups in total. The Balaban J connectivity index is 1.59. The molecule has 0 unspecified atom stereocenters. The molecule has 0 aromatic heterocycles. The molecule has 1 saturated heterocycles. The van der Waals surface area contributed by atoms with Gasteiger partial charge in [-0.25, -0.2) is 8.42 Å². The maximum atomic E-state index is 12.8. The number of rotatable bonds is 6. The minimum atomic E-state index is -3.80. The molecule has 9 heteroatoms. The van der Waals surface area contributed by atoms with Crippen LogP contribution in [0.4, 0.5) is 0 Å². The Morgan fingerprint density at radius 3 is 2.71 bits per heavy atom. The van der Waals surface area contributed by atoms with Crippen LogP contribution >= 0.6 is 23.2 Å². The standard InChI is InChI=1S/C19H20Cl2N2O4S/c20-15-5-3-4-14(12-15)8-9-22-19(24)17-13-23(10-11-27-17)28(25,26)18-7-2-1-6-16(18)21/h1-7,12,17H,8-11,13H2,(H,22,24)/t17-/m0/s1. The zero-order valence-corrected chi connectivity index (χ0v) is 17.3. The van der Waals surface area contributed by atoms with Crippen LogP contribution in [-0.4, -0.2) is 51.0 Å². The third-order valence-electron chi connectivity index (χ3n) is 4.38. The number of halogens is 2. The van der Waals surface area contributed by atoms with Crippen LogP contribution in [0.5, 0.6) is 0 Å². The summed E-state index contributed by atoms with van der Waals surface area (Å²) in [7, 11) is -3.80. The average Bonchev–Trinajstić information content (AvgIpc) is 2.68. The molecular formula is C19H20Cl2N2O4S. The molecule has 1 aliphatic rings. The highest BCUT2D eigenvalue weighted by Gasteiger charge is 2.34. The van der Waals surface area contributed by atoms with E-state index >= 15 is 0 Å². The molecule has 28 heavy (non-hydrogen) atoms. The molecule has 3 rings (SSSR count). The molecule has 1 amide bonds. The summed E-state index contributed by atoms with van der Waals surface area (Å²) in [5.74, 6) is -0.346. The molecule has 0 radical (unpaired) electrons. The van der Waals surface area contributed by atoms with E-state index in [-0.39, 0.29) is 35.5 Å². The van der Waals surface area contributed by atoms with Crippen molar-refractivity contribution < 1.29 is 17.9 Å². The lowest BCUT2D eigenvalue weighted by atomic mass is 10.1. The molecule has 0 aliphatic carbocycles. The minimum Gasteiger partial charge on any atom is -0.366 e. The average molecular weight is 443 g/mol. The van der Waals surface area contributed by atoms with Gasteiger partial charge in [-0.05, 0) is 36.2 Å². The Bertz CT molecular complexity index is 952. The van der Waals surface area contributed by atoms with E-state index in [0.29, 0.717) is 18.0 Å². The van der Waals surface area contributed by atoms with Crippen LogP contribution in [0.1, 0.15) is 5.56 Å². The molecule has 2 aromatic rings. The summed E-state index contributed by atoms with van der Waals surface area (Å²) in [6, 6.07) is 13.6. The zero-order valence-electron chi connectivity index (χ0n) is 15.0. The van der Waals surface area contributed by atoms with Gasteiger partial charge in [0.1, 0.15) is 11.0 Å². The second-order valence-corrected chi connectivity index (χ2v) is 9.07. The lowest BCUT2D eigenvalue weighted by molar-refractivity contribution is -0.136. The van der Waals surface area contributed by atoms with E-state index in [1.54, 1.807) is 18.2 Å². The lowest BCUT2D eigenvalue weighted by Gasteiger charge is -2.31. The predicted octanol–water partition coefficient (Wildman–Crippen LogP) is 2.74. The fraction of sp³-hybridized carbons (Fsp3) is 0.316. The fourth-order valence-electron chi connectivity index (χ4n) is 2.93. The van der Waals surface area contributed by atoms with E-state index in [2.05, 4.69) is 5.32 Å². The summed E-state index contributed by atoms with van der Waals surface area (Å²) in [5, 5.41) is 3.58. The zero-order chi connectivity index (χ0) is 20.1. The van der Waals surface area contributed by atoms with E-state index in [1.807, 2.05) is 18.2 Å². The first-order chi connectivity index (χ1) is 13.4. The quantitative estimate of drug-likeness (QED) is 0.745. The van der Waals surface area contributed by atoms with Crippen LogP contribution in [0.3, 0.4) is 0 Å². The summed E-state index contributed by atoms with van der Waals surface area (Å²) < 4.78 is 32.4. The van der Waals surface area contributed by atoms with Gasteiger partial charge in [0.2, 0.25) is 10.0 Å². The fourth-order valence-corrected chi connectivity index (χ4v) is 5.06. The molecule has 0 bridgehead atoms. The number of nitrogens with one attached hydrogen (secondary N) is 1. The van der Waals surface area contributed by atoms with Crippen LogP contribution in [0.15, 0.2) is 53.4 Å². The number of nitrogens with zero attached hydrogens (tertiary/aromatic N) is 1. The largest absolute Gasteiger partial charge is 0.366 e. The first kappa shape index (κ1) is 21.1. The number of hydrogen-bond acceptors (Lipinski definition) is 4. The van der Waals surface area contributed by atoms with Crippen LogP contribution in [-0.2, 0) is 26.0 Å². The second kappa shape index (κ2) is 9.24. The SMILES string of the molecule is O=C(NCCc1cccc(Cl)c1)[C@@H]1CN(S(=O)(=O)c2ccccc2Cl)CCO1. The number of benzene rings is 2. The molecule has 150 valence electrons. The van der Waals surface area contributed by atoms with E-state index in [4.69, 9.17) is 27.9 Å². The Labute approximate surface area is 174 Å². The minimum absolute atomic E-state index is 0.0266. The number of sulfonamides is 1. The molecule has 1 heterocycles. The Morgan fingerprint density at radius 1 is 1.18 bits per heavy atom. The Morgan fingerprint density at radius 2 is 1.96 bits per heavy atom. The van der Waals surface area contributed by atoms with Crippen molar-refractivity contribution in [2.45, 2.75) is 17.4 Å². The van der Waals surface area contributed by atoms with Gasteiger partial charge >= 0.3 is 0 Å². The monoisotopic (exact) mass is 442 g/mol. The Kier molecular flexibility index (Phi) is 6.95. The summed E-state index contributed by atoms with van der Waals surface area (Å²) in [6.45, 7) is 0.642. The van der Waals surface area contributed by atoms with E-state index in [9.17, 15) is 13.2 Å². The first-order valence-electron chi connectivity index (χ1n) is 8.76. The van der Waals surface area contributed by atoms with Gasteiger partial charge in [-0.1, -0.05) is 47.5 Å². The summed E-state index contributed by atoms with van der Waals surface area (Å²) in [6.07, 6.45) is -0.258. The highest BCUT2D eigenvalue weighted by Crippen LogP contribution is 2.25. The lowest BCUT2D eigenvalue weighted by Crippen LogP contribution is -2.51. The topological polar surface area (TPSA) is 75.7 Å². The summed E-state index contributed by atoms with van der Waals surface area (Å²) in [5.41, 5.74) is 1.00. The van der Waals surface area contributed by atoms with E-state index in [0.717, 1.165) is 5.56 Å². The third-order valence-corrected chi connectivity index (χ3v) is 6.98. The maximum Gasteiger partial charge on any atom is 0.250 e. The van der Waals surface area contributed by atoms with E-state index in [1.165, 1.54) is 16.4 Å². The molecular weight excluding hydrogens is 423 g/mol. The van der Waals surface area contributed by atoms with Gasteiger partial charge in [-0.15, -0.1) is 0 Å². The van der Waals surface area contributed by atoms with Crippen LogP contribution in [0.2, 0.25) is 10.0 Å². The number of ether oxygens (including phenoxy) is 1. The number of carbonyl (C=O) groups is 1. The number of hydrogen-bond donors (Lipinski definition) is 1. The van der Waals surface area contributed by atoms with Crippen molar-refractivity contribution in [3.63, 3.8) is 0 Å². The summed E-state index contributed by atoms with van der Waals surface area (Å²) in [4.78, 5) is 12.4. The molecule has 2 aromatic carbocycles. The molecule has 6 nitrogen and oxygen atoms in total. The van der Waals surface area contributed by atoms with Crippen molar-refractivity contribution in [3.05, 3.63) is 64.1 Å². The predicted molar refractivity (Wildman–Crippen MR) is 108 cm³/mol. The van der Waals surface area contributed by atoms with Crippen LogP contribution in [0.25, 0.3) is 0 Å². The van der Waals surface area contributed by atoms with Crippen LogP contribution < -0.4 is 5.32 Å². The van der Waals surface area contributed by atoms with Crippen molar-refractivity contribution in [1.29, 1.82) is 0 Å². The number of carbonyl (C=O) groups excluding carboxylic acids is 1. The molecule has 0 saturated carbocycles. The van der Waals surface area contributed by atoms with Gasteiger partial charge in [0, 0.05) is 24.7 Å². The Hall–Kier alpha value is -1.64. The maximum absolute atomic E-state index is 12.8. The molecule has 1 atom stereocenters. The van der Waals surface area contributed by atoms with Gasteiger partial charge in [0.15, 0.2) is 0 Å². The highest BCUT2D eigenvalue weighted by molar-refractivity contribution is 7.89. The third kappa shape index (κ3) is 5.04. The van der Waals surface area contributed by atoms with Gasteiger partial charge in [0.25, 0.3) is 5.91 Å². The van der Waals surface area contributed by atoms with Gasteiger partial charge in [0.05, 0.1) is 11.6 Å². The van der Waals surface area contributed by atoms with Gasteiger partial charge in [-0.3, -0.25) is 4.79 Å². The molecule has 1 aliphatic heterocycles. The van der Waals surface area contributed by atoms with Crippen molar-refractivity contribution in [2.75, 3.05) is 26.2 Å². The normalized spacial score (nSPS) is 18.0. The first-order valence-corrected chi connectivity index (χ1v) is 11.0. The van der Waals surface area contributed by atoms with Crippen molar-refractivity contribution in [2.24, 2.45) is 0 Å². The van der Waals surface area contributed by atoms with Gasteiger partial charge < -0.3 is 10.1 Å². The van der Waals surface area contributed by atoms with Crippen LogP contribution in [0, 0.1) is 0 Å². The van der Waals surface area contributed by atoms with Crippen molar-refractivity contribution >= 4 is 39.1 Å². The summed E-state index contributed by atoms with van der Waals surface area (Å²) >= 11 is 12.0. The van der Waals surface area contributed by atoms with Crippen molar-refractivity contribution in [1.82, 2.24) is 9.62 Å². The second-order valence-electron chi connectivity index (χ2n) is 6.32. The number of amides is 1. The van der Waals surface area contributed by atoms with Crippen molar-refractivity contribution in [3.8, 4) is 0 Å².